The first-order valence-corrected chi connectivity index (χ1v) is 10.3. The molecule has 2 aliphatic heterocycles. The van der Waals surface area contributed by atoms with Crippen molar-refractivity contribution in [2.75, 3.05) is 6.73 Å². The topological polar surface area (TPSA) is 38.8 Å². The fourth-order valence-electron chi connectivity index (χ4n) is 4.15. The molecule has 0 fully saturated rings. The molecule has 0 aromatic heterocycles. The lowest BCUT2D eigenvalue weighted by Gasteiger charge is -2.34. The Morgan fingerprint density at radius 1 is 1.10 bits per heavy atom. The molecule has 3 aromatic carbocycles. The Morgan fingerprint density at radius 2 is 1.84 bits per heavy atom. The summed E-state index contributed by atoms with van der Waals surface area (Å²) in [5, 5.41) is 0. The maximum atomic E-state index is 13.2. The van der Waals surface area contributed by atoms with Crippen molar-refractivity contribution in [3.05, 3.63) is 100 Å². The van der Waals surface area contributed by atoms with E-state index in [2.05, 4.69) is 24.0 Å². The van der Waals surface area contributed by atoms with Gasteiger partial charge in [-0.1, -0.05) is 42.5 Å². The summed E-state index contributed by atoms with van der Waals surface area (Å²) in [5.74, 6) is 1.08. The maximum Gasteiger partial charge on any atom is 0.232 e. The van der Waals surface area contributed by atoms with Crippen molar-refractivity contribution in [1.29, 1.82) is 0 Å². The number of hydrogen-bond acceptors (Lipinski definition) is 4. The SMILES string of the molecule is Cc1cc2c(c3c1C(=O)/C(=C/c1ccc(F)cc1)O3)CN(C(C)c1ccccc1)CO2. The van der Waals surface area contributed by atoms with Crippen LogP contribution in [0.25, 0.3) is 6.08 Å². The van der Waals surface area contributed by atoms with E-state index in [1.54, 1.807) is 18.2 Å². The molecule has 2 aliphatic rings. The molecular formula is C26H22FNO3. The van der Waals surface area contributed by atoms with E-state index in [1.807, 2.05) is 31.2 Å². The van der Waals surface area contributed by atoms with Gasteiger partial charge < -0.3 is 9.47 Å². The van der Waals surface area contributed by atoms with E-state index >= 15 is 0 Å². The summed E-state index contributed by atoms with van der Waals surface area (Å²) in [6, 6.07) is 18.3. The van der Waals surface area contributed by atoms with Crippen molar-refractivity contribution in [3.63, 3.8) is 0 Å². The van der Waals surface area contributed by atoms with Crippen LogP contribution in [0.5, 0.6) is 11.5 Å². The van der Waals surface area contributed by atoms with Gasteiger partial charge in [-0.15, -0.1) is 0 Å². The maximum absolute atomic E-state index is 13.2. The Morgan fingerprint density at radius 3 is 2.58 bits per heavy atom. The second-order valence-corrected chi connectivity index (χ2v) is 7.97. The van der Waals surface area contributed by atoms with Crippen LogP contribution >= 0.6 is 0 Å². The molecule has 0 saturated carbocycles. The van der Waals surface area contributed by atoms with E-state index in [0.29, 0.717) is 30.2 Å². The van der Waals surface area contributed by atoms with Gasteiger partial charge in [-0.05, 0) is 54.8 Å². The minimum Gasteiger partial charge on any atom is -0.478 e. The second kappa shape index (κ2) is 7.67. The van der Waals surface area contributed by atoms with Crippen LogP contribution in [0.3, 0.4) is 0 Å². The second-order valence-electron chi connectivity index (χ2n) is 7.97. The Labute approximate surface area is 180 Å². The van der Waals surface area contributed by atoms with Gasteiger partial charge in [-0.2, -0.15) is 0 Å². The molecule has 0 saturated heterocycles. The average Bonchev–Trinajstić information content (AvgIpc) is 3.12. The van der Waals surface area contributed by atoms with Crippen molar-refractivity contribution in [2.45, 2.75) is 26.4 Å². The molecular weight excluding hydrogens is 393 g/mol. The first-order valence-electron chi connectivity index (χ1n) is 10.3. The largest absolute Gasteiger partial charge is 0.478 e. The van der Waals surface area contributed by atoms with Crippen LogP contribution in [0.4, 0.5) is 4.39 Å². The number of nitrogens with zero attached hydrogens (tertiary/aromatic N) is 1. The van der Waals surface area contributed by atoms with Gasteiger partial charge in [0, 0.05) is 12.6 Å². The smallest absolute Gasteiger partial charge is 0.232 e. The number of allylic oxidation sites excluding steroid dienone is 1. The first-order chi connectivity index (χ1) is 15.0. The van der Waals surface area contributed by atoms with Crippen LogP contribution in [0.15, 0.2) is 66.4 Å². The van der Waals surface area contributed by atoms with Gasteiger partial charge in [-0.25, -0.2) is 4.39 Å². The van der Waals surface area contributed by atoms with Gasteiger partial charge >= 0.3 is 0 Å². The van der Waals surface area contributed by atoms with Gasteiger partial charge in [-0.3, -0.25) is 9.69 Å². The number of ketones is 1. The van der Waals surface area contributed by atoms with E-state index < -0.39 is 0 Å². The fourth-order valence-corrected chi connectivity index (χ4v) is 4.15. The van der Waals surface area contributed by atoms with Gasteiger partial charge in [0.15, 0.2) is 5.76 Å². The lowest BCUT2D eigenvalue weighted by atomic mass is 9.98. The third-order valence-corrected chi connectivity index (χ3v) is 5.95. The highest BCUT2D eigenvalue weighted by atomic mass is 19.1. The highest BCUT2D eigenvalue weighted by molar-refractivity contribution is 6.15. The summed E-state index contributed by atoms with van der Waals surface area (Å²) in [5.41, 5.74) is 4.19. The first kappa shape index (κ1) is 19.5. The average molecular weight is 415 g/mol. The van der Waals surface area contributed by atoms with Gasteiger partial charge in [0.05, 0.1) is 11.1 Å². The number of aryl methyl sites for hydroxylation is 1. The summed E-state index contributed by atoms with van der Waals surface area (Å²) < 4.78 is 25.4. The summed E-state index contributed by atoms with van der Waals surface area (Å²) >= 11 is 0. The molecule has 2 heterocycles. The number of halogens is 1. The fraction of sp³-hybridized carbons (Fsp3) is 0.192. The molecule has 0 amide bonds. The number of hydrogen-bond donors (Lipinski definition) is 0. The molecule has 0 spiro atoms. The van der Waals surface area contributed by atoms with Crippen LogP contribution in [-0.4, -0.2) is 17.4 Å². The van der Waals surface area contributed by atoms with Gasteiger partial charge in [0.1, 0.15) is 24.0 Å². The van der Waals surface area contributed by atoms with E-state index in [9.17, 15) is 9.18 Å². The van der Waals surface area contributed by atoms with Crippen molar-refractivity contribution in [2.24, 2.45) is 0 Å². The van der Waals surface area contributed by atoms with Gasteiger partial charge in [0.2, 0.25) is 5.78 Å². The Balaban J connectivity index is 1.49. The minimum atomic E-state index is -0.321. The Bertz CT molecular complexity index is 1190. The predicted molar refractivity (Wildman–Crippen MR) is 116 cm³/mol. The molecule has 4 nitrogen and oxygen atoms in total. The number of fused-ring (bicyclic) bond motifs is 3. The Kier molecular flexibility index (Phi) is 4.83. The third-order valence-electron chi connectivity index (χ3n) is 5.95. The minimum absolute atomic E-state index is 0.151. The number of benzene rings is 3. The van der Waals surface area contributed by atoms with E-state index in [0.717, 1.165) is 16.9 Å². The van der Waals surface area contributed by atoms with Crippen LogP contribution in [0.1, 0.15) is 45.6 Å². The lowest BCUT2D eigenvalue weighted by Crippen LogP contribution is -2.34. The molecule has 0 bridgehead atoms. The summed E-state index contributed by atoms with van der Waals surface area (Å²) in [7, 11) is 0. The number of rotatable bonds is 3. The quantitative estimate of drug-likeness (QED) is 0.517. The highest BCUT2D eigenvalue weighted by Crippen LogP contribution is 2.45. The van der Waals surface area contributed by atoms with Crippen molar-refractivity contribution >= 4 is 11.9 Å². The molecule has 156 valence electrons. The molecule has 0 radical (unpaired) electrons. The van der Waals surface area contributed by atoms with E-state index in [4.69, 9.17) is 9.47 Å². The molecule has 5 heteroatoms. The lowest BCUT2D eigenvalue weighted by molar-refractivity contribution is 0.0605. The van der Waals surface area contributed by atoms with Crippen LogP contribution in [-0.2, 0) is 6.54 Å². The zero-order valence-electron chi connectivity index (χ0n) is 17.4. The molecule has 1 atom stereocenters. The summed E-state index contributed by atoms with van der Waals surface area (Å²) in [6.45, 7) is 5.12. The van der Waals surface area contributed by atoms with Crippen LogP contribution < -0.4 is 9.47 Å². The van der Waals surface area contributed by atoms with Crippen LogP contribution in [0, 0.1) is 12.7 Å². The number of carbonyl (C=O) groups is 1. The van der Waals surface area contributed by atoms with Crippen molar-refractivity contribution in [1.82, 2.24) is 4.90 Å². The Hall–Kier alpha value is -3.44. The highest BCUT2D eigenvalue weighted by Gasteiger charge is 2.36. The molecule has 0 aliphatic carbocycles. The molecule has 1 unspecified atom stereocenters. The van der Waals surface area contributed by atoms with Crippen molar-refractivity contribution < 1.29 is 18.7 Å². The molecule has 31 heavy (non-hydrogen) atoms. The molecule has 3 aromatic rings. The zero-order chi connectivity index (χ0) is 21.5. The normalized spacial score (nSPS) is 17.6. The predicted octanol–water partition coefficient (Wildman–Crippen LogP) is 5.66. The monoisotopic (exact) mass is 415 g/mol. The number of Topliss-reactive ketones (excluding diaryl/α,β-unsaturated/α-hetero) is 1. The summed E-state index contributed by atoms with van der Waals surface area (Å²) in [6.07, 6.45) is 1.65. The number of ether oxygens (including phenoxy) is 2. The molecule has 0 N–H and O–H groups in total. The third kappa shape index (κ3) is 3.51. The van der Waals surface area contributed by atoms with Crippen molar-refractivity contribution in [3.8, 4) is 11.5 Å². The van der Waals surface area contributed by atoms with E-state index in [-0.39, 0.29) is 23.4 Å². The van der Waals surface area contributed by atoms with Crippen LogP contribution in [0.2, 0.25) is 0 Å². The van der Waals surface area contributed by atoms with Gasteiger partial charge in [0.25, 0.3) is 0 Å². The zero-order valence-corrected chi connectivity index (χ0v) is 17.4. The summed E-state index contributed by atoms with van der Waals surface area (Å²) in [4.78, 5) is 15.3. The standard InChI is InChI=1S/C26H22FNO3/c1-16-12-22-21(14-28(15-30-22)17(2)19-6-4-3-5-7-19)26-24(16)25(29)23(31-26)13-18-8-10-20(27)11-9-18/h3-13,17H,14-15H2,1-2H3/b23-13-. The molecule has 5 rings (SSSR count). The number of carbonyl (C=O) groups excluding carboxylic acids is 1. The van der Waals surface area contributed by atoms with E-state index in [1.165, 1.54) is 17.7 Å².